The first-order chi connectivity index (χ1) is 7.52. The van der Waals surface area contributed by atoms with E-state index in [9.17, 15) is 0 Å². The molecular weight excluding hydrogens is 222 g/mol. The Hall–Kier alpha value is -0.730. The Labute approximate surface area is 102 Å². The highest BCUT2D eigenvalue weighted by Gasteiger charge is 2.23. The van der Waals surface area contributed by atoms with E-state index in [1.54, 1.807) is 0 Å². The zero-order chi connectivity index (χ0) is 11.8. The highest BCUT2D eigenvalue weighted by atomic mass is 35.5. The molecule has 0 saturated carbocycles. The van der Waals surface area contributed by atoms with Crippen molar-refractivity contribution in [1.82, 2.24) is 0 Å². The molecule has 0 amide bonds. The second kappa shape index (κ2) is 4.27. The third-order valence-electron chi connectivity index (χ3n) is 3.23. The fraction of sp³-hybridized carbons (Fsp3) is 0.538. The standard InChI is InChI=1S/C13H18ClNO/c1-3-13(2,15)8-10-7-11(14)6-9-4-5-16-12(9)10/h6-7H,3-5,8,15H2,1-2H3. The van der Waals surface area contributed by atoms with Crippen molar-refractivity contribution in [1.29, 1.82) is 0 Å². The Morgan fingerprint density at radius 2 is 2.25 bits per heavy atom. The fourth-order valence-corrected chi connectivity index (χ4v) is 2.30. The molecule has 2 N–H and O–H groups in total. The van der Waals surface area contributed by atoms with Gasteiger partial charge in [-0.05, 0) is 43.0 Å². The largest absolute Gasteiger partial charge is 0.493 e. The Bertz CT molecular complexity index is 401. The number of rotatable bonds is 3. The molecule has 0 aliphatic carbocycles. The maximum atomic E-state index is 6.19. The summed E-state index contributed by atoms with van der Waals surface area (Å²) < 4.78 is 5.66. The molecule has 0 radical (unpaired) electrons. The maximum absolute atomic E-state index is 6.19. The van der Waals surface area contributed by atoms with Gasteiger partial charge in [-0.3, -0.25) is 0 Å². The Morgan fingerprint density at radius 3 is 2.94 bits per heavy atom. The van der Waals surface area contributed by atoms with Gasteiger partial charge >= 0.3 is 0 Å². The van der Waals surface area contributed by atoms with Gasteiger partial charge in [0, 0.05) is 17.0 Å². The quantitative estimate of drug-likeness (QED) is 0.880. The van der Waals surface area contributed by atoms with Gasteiger partial charge in [0.15, 0.2) is 0 Å². The SMILES string of the molecule is CCC(C)(N)Cc1cc(Cl)cc2c1OCC2. The maximum Gasteiger partial charge on any atom is 0.125 e. The minimum atomic E-state index is -0.190. The number of ether oxygens (including phenoxy) is 1. The molecule has 16 heavy (non-hydrogen) atoms. The number of benzene rings is 1. The molecule has 0 saturated heterocycles. The van der Waals surface area contributed by atoms with Crippen LogP contribution in [0.25, 0.3) is 0 Å². The number of nitrogens with two attached hydrogens (primary N) is 1. The summed E-state index contributed by atoms with van der Waals surface area (Å²) in [6.45, 7) is 4.93. The van der Waals surface area contributed by atoms with Gasteiger partial charge in [0.1, 0.15) is 5.75 Å². The predicted octanol–water partition coefficient (Wildman–Crippen LogP) is 2.94. The average molecular weight is 240 g/mol. The van der Waals surface area contributed by atoms with E-state index in [-0.39, 0.29) is 5.54 Å². The van der Waals surface area contributed by atoms with Gasteiger partial charge in [-0.25, -0.2) is 0 Å². The highest BCUT2D eigenvalue weighted by molar-refractivity contribution is 6.30. The molecule has 0 spiro atoms. The molecule has 2 nitrogen and oxygen atoms in total. The molecule has 1 atom stereocenters. The van der Waals surface area contributed by atoms with E-state index in [0.717, 1.165) is 42.2 Å². The third-order valence-corrected chi connectivity index (χ3v) is 3.45. The van der Waals surface area contributed by atoms with Crippen LogP contribution < -0.4 is 10.5 Å². The fourth-order valence-electron chi connectivity index (χ4n) is 2.04. The van der Waals surface area contributed by atoms with Gasteiger partial charge in [0.2, 0.25) is 0 Å². The number of halogens is 1. The summed E-state index contributed by atoms with van der Waals surface area (Å²) in [6.07, 6.45) is 2.71. The lowest BCUT2D eigenvalue weighted by Gasteiger charge is -2.23. The molecule has 2 rings (SSSR count). The van der Waals surface area contributed by atoms with Crippen molar-refractivity contribution >= 4 is 11.6 Å². The number of hydrogen-bond donors (Lipinski definition) is 1. The normalized spacial score (nSPS) is 17.8. The molecule has 88 valence electrons. The van der Waals surface area contributed by atoms with Crippen molar-refractivity contribution < 1.29 is 4.74 Å². The molecule has 1 aliphatic heterocycles. The van der Waals surface area contributed by atoms with E-state index in [2.05, 4.69) is 13.8 Å². The minimum absolute atomic E-state index is 0.190. The monoisotopic (exact) mass is 239 g/mol. The minimum Gasteiger partial charge on any atom is -0.493 e. The van der Waals surface area contributed by atoms with E-state index >= 15 is 0 Å². The average Bonchev–Trinajstić information content (AvgIpc) is 2.65. The van der Waals surface area contributed by atoms with Crippen molar-refractivity contribution in [2.45, 2.75) is 38.6 Å². The summed E-state index contributed by atoms with van der Waals surface area (Å²) in [6, 6.07) is 3.97. The molecule has 0 bridgehead atoms. The third kappa shape index (κ3) is 2.33. The van der Waals surface area contributed by atoms with Gasteiger partial charge in [-0.1, -0.05) is 18.5 Å². The zero-order valence-corrected chi connectivity index (χ0v) is 10.6. The molecule has 0 fully saturated rings. The molecular formula is C13H18ClNO. The topological polar surface area (TPSA) is 35.2 Å². The van der Waals surface area contributed by atoms with Crippen LogP contribution in [0, 0.1) is 0 Å². The van der Waals surface area contributed by atoms with Crippen molar-refractivity contribution in [3.63, 3.8) is 0 Å². The van der Waals surface area contributed by atoms with Gasteiger partial charge in [-0.15, -0.1) is 0 Å². The smallest absolute Gasteiger partial charge is 0.125 e. The molecule has 1 unspecified atom stereocenters. The first-order valence-corrected chi connectivity index (χ1v) is 6.12. The van der Waals surface area contributed by atoms with Crippen molar-refractivity contribution in [2.24, 2.45) is 5.73 Å². The lowest BCUT2D eigenvalue weighted by atomic mass is 9.90. The molecule has 1 aromatic rings. The first-order valence-electron chi connectivity index (χ1n) is 5.75. The van der Waals surface area contributed by atoms with Gasteiger partial charge in [0.25, 0.3) is 0 Å². The van der Waals surface area contributed by atoms with Crippen LogP contribution in [-0.2, 0) is 12.8 Å². The van der Waals surface area contributed by atoms with Crippen molar-refractivity contribution in [2.75, 3.05) is 6.61 Å². The van der Waals surface area contributed by atoms with Gasteiger partial charge in [-0.2, -0.15) is 0 Å². The molecule has 0 aromatic heterocycles. The molecule has 1 aliphatic rings. The number of hydrogen-bond acceptors (Lipinski definition) is 2. The van der Waals surface area contributed by atoms with Crippen LogP contribution in [-0.4, -0.2) is 12.1 Å². The van der Waals surface area contributed by atoms with Crippen LogP contribution in [0.4, 0.5) is 0 Å². The zero-order valence-electron chi connectivity index (χ0n) is 9.85. The van der Waals surface area contributed by atoms with Gasteiger partial charge < -0.3 is 10.5 Å². The van der Waals surface area contributed by atoms with E-state index in [1.165, 1.54) is 5.56 Å². The van der Waals surface area contributed by atoms with Crippen LogP contribution in [0.1, 0.15) is 31.4 Å². The van der Waals surface area contributed by atoms with E-state index in [0.29, 0.717) is 0 Å². The summed E-state index contributed by atoms with van der Waals surface area (Å²) in [4.78, 5) is 0. The predicted molar refractivity (Wildman–Crippen MR) is 67.2 cm³/mol. The Kier molecular flexibility index (Phi) is 3.13. The Morgan fingerprint density at radius 1 is 1.50 bits per heavy atom. The second-order valence-corrected chi connectivity index (χ2v) is 5.27. The van der Waals surface area contributed by atoms with Crippen LogP contribution in [0.5, 0.6) is 5.75 Å². The lowest BCUT2D eigenvalue weighted by molar-refractivity contribution is 0.348. The second-order valence-electron chi connectivity index (χ2n) is 4.84. The summed E-state index contributed by atoms with van der Waals surface area (Å²) in [5.41, 5.74) is 8.37. The molecule has 1 aromatic carbocycles. The van der Waals surface area contributed by atoms with Crippen LogP contribution in [0.3, 0.4) is 0 Å². The highest BCUT2D eigenvalue weighted by Crippen LogP contribution is 2.34. The van der Waals surface area contributed by atoms with Crippen LogP contribution in [0.15, 0.2) is 12.1 Å². The summed E-state index contributed by atoms with van der Waals surface area (Å²) in [5.74, 6) is 1.01. The summed E-state index contributed by atoms with van der Waals surface area (Å²) >= 11 is 6.10. The van der Waals surface area contributed by atoms with Crippen molar-refractivity contribution in [3.05, 3.63) is 28.3 Å². The van der Waals surface area contributed by atoms with E-state index < -0.39 is 0 Å². The number of fused-ring (bicyclic) bond motifs is 1. The van der Waals surface area contributed by atoms with Gasteiger partial charge in [0.05, 0.1) is 6.61 Å². The van der Waals surface area contributed by atoms with Crippen LogP contribution in [0.2, 0.25) is 5.02 Å². The van der Waals surface area contributed by atoms with Crippen LogP contribution >= 0.6 is 11.6 Å². The Balaban J connectivity index is 2.34. The molecule has 1 heterocycles. The first kappa shape index (κ1) is 11.7. The van der Waals surface area contributed by atoms with E-state index in [4.69, 9.17) is 22.1 Å². The van der Waals surface area contributed by atoms with E-state index in [1.807, 2.05) is 12.1 Å². The lowest BCUT2D eigenvalue weighted by Crippen LogP contribution is -2.37. The van der Waals surface area contributed by atoms with Crippen molar-refractivity contribution in [3.8, 4) is 5.75 Å². The summed E-state index contributed by atoms with van der Waals surface area (Å²) in [5, 5.41) is 0.783. The summed E-state index contributed by atoms with van der Waals surface area (Å²) in [7, 11) is 0. The molecule has 3 heteroatoms.